The number of nitrogens with two attached hydrogens (primary N) is 1. The summed E-state index contributed by atoms with van der Waals surface area (Å²) in [6.07, 6.45) is 5.62. The molecule has 1 fully saturated rings. The Morgan fingerprint density at radius 2 is 1.62 bits per heavy atom. The van der Waals surface area contributed by atoms with Crippen molar-refractivity contribution in [1.82, 2.24) is 10.3 Å². The first-order valence-electron chi connectivity index (χ1n) is 14.1. The fourth-order valence-electron chi connectivity index (χ4n) is 5.19. The zero-order chi connectivity index (χ0) is 28.1. The van der Waals surface area contributed by atoms with E-state index in [1.807, 2.05) is 80.6 Å². The summed E-state index contributed by atoms with van der Waals surface area (Å²) in [6.45, 7) is 4.30. The van der Waals surface area contributed by atoms with Crippen LogP contribution in [-0.4, -0.2) is 28.9 Å². The van der Waals surface area contributed by atoms with E-state index < -0.39 is 0 Å². The third kappa shape index (κ3) is 6.49. The number of Topliss-reactive ketones (excluding diaryl/α,β-unsaturated/α-hetero) is 1. The molecule has 1 aromatic heterocycles. The third-order valence-electron chi connectivity index (χ3n) is 7.55. The number of carbonyl (C=O) groups excluding carboxylic acids is 2. The van der Waals surface area contributed by atoms with Crippen LogP contribution in [0.25, 0.3) is 22.0 Å². The molecule has 7 nitrogen and oxygen atoms in total. The van der Waals surface area contributed by atoms with Crippen molar-refractivity contribution < 1.29 is 9.59 Å². The van der Waals surface area contributed by atoms with Crippen molar-refractivity contribution in [3.8, 4) is 11.1 Å². The summed E-state index contributed by atoms with van der Waals surface area (Å²) in [4.78, 5) is 30.2. The molecule has 0 bridgehead atoms. The molecule has 0 unspecified atom stereocenters. The zero-order valence-electron chi connectivity index (χ0n) is 23.1. The van der Waals surface area contributed by atoms with Gasteiger partial charge in [0.25, 0.3) is 0 Å². The zero-order valence-corrected chi connectivity index (χ0v) is 23.1. The van der Waals surface area contributed by atoms with Crippen LogP contribution in [0.4, 0.5) is 16.2 Å². The molecule has 206 valence electrons. The molecule has 1 aliphatic carbocycles. The summed E-state index contributed by atoms with van der Waals surface area (Å²) in [6, 6.07) is 24.0. The minimum absolute atomic E-state index is 0.0794. The van der Waals surface area contributed by atoms with Gasteiger partial charge in [0.05, 0.1) is 16.8 Å². The molecule has 5 rings (SSSR count). The van der Waals surface area contributed by atoms with Gasteiger partial charge in [-0.15, -0.1) is 0 Å². The lowest BCUT2D eigenvalue weighted by Gasteiger charge is -2.29. The molecular weight excluding hydrogens is 498 g/mol. The Kier molecular flexibility index (Phi) is 8.41. The maximum Gasteiger partial charge on any atom is 0.319 e. The van der Waals surface area contributed by atoms with E-state index in [0.717, 1.165) is 59.0 Å². The van der Waals surface area contributed by atoms with Gasteiger partial charge in [-0.3, -0.25) is 9.78 Å². The van der Waals surface area contributed by atoms with Gasteiger partial charge in [0.2, 0.25) is 0 Å². The Bertz CT molecular complexity index is 1480. The SMILES string of the molecule is CC(C)C(=O)c1cnc2ccc(-c3ccc(NC(=O)NCc4ccccc4)cc3)cc2c1NC1CCC(N)CC1. The van der Waals surface area contributed by atoms with Gasteiger partial charge in [0.1, 0.15) is 0 Å². The number of pyridine rings is 1. The van der Waals surface area contributed by atoms with Crippen molar-refractivity contribution in [3.05, 3.63) is 90.1 Å². The number of aromatic nitrogens is 1. The fourth-order valence-corrected chi connectivity index (χ4v) is 5.19. The molecule has 0 saturated heterocycles. The number of nitrogens with one attached hydrogen (secondary N) is 3. The standard InChI is InChI=1S/C33H37N5O2/c1-21(2)32(39)29-20-35-30-17-10-24(18-28(30)31(29)37-26-15-11-25(34)12-16-26)23-8-13-27(14-9-23)38-33(40)36-19-22-6-4-3-5-7-22/h3-10,13-14,17-18,20-21,25-26H,11-12,15-16,19,34H2,1-2H3,(H,35,37)(H2,36,38,40). The molecule has 1 aliphatic rings. The van der Waals surface area contributed by atoms with Gasteiger partial charge >= 0.3 is 6.03 Å². The highest BCUT2D eigenvalue weighted by atomic mass is 16.2. The molecule has 0 radical (unpaired) electrons. The number of amides is 2. The van der Waals surface area contributed by atoms with Crippen molar-refractivity contribution in [1.29, 1.82) is 0 Å². The maximum absolute atomic E-state index is 13.2. The first kappa shape index (κ1) is 27.3. The Morgan fingerprint density at radius 1 is 0.925 bits per heavy atom. The van der Waals surface area contributed by atoms with E-state index in [0.29, 0.717) is 17.8 Å². The predicted molar refractivity (Wildman–Crippen MR) is 163 cm³/mol. The number of benzene rings is 3. The summed E-state index contributed by atoms with van der Waals surface area (Å²) < 4.78 is 0. The second kappa shape index (κ2) is 12.3. The third-order valence-corrected chi connectivity index (χ3v) is 7.55. The van der Waals surface area contributed by atoms with Gasteiger partial charge in [-0.25, -0.2) is 4.79 Å². The predicted octanol–water partition coefficient (Wildman–Crippen LogP) is 6.74. The van der Waals surface area contributed by atoms with E-state index in [-0.39, 0.29) is 29.8 Å². The van der Waals surface area contributed by atoms with Crippen molar-refractivity contribution >= 4 is 34.1 Å². The maximum atomic E-state index is 13.2. The molecule has 1 saturated carbocycles. The Balaban J connectivity index is 1.38. The number of carbonyl (C=O) groups is 2. The minimum atomic E-state index is -0.255. The summed E-state index contributed by atoms with van der Waals surface area (Å²) in [7, 11) is 0. The molecule has 5 N–H and O–H groups in total. The molecule has 2 amide bonds. The quantitative estimate of drug-likeness (QED) is 0.187. The topological polar surface area (TPSA) is 109 Å². The highest BCUT2D eigenvalue weighted by molar-refractivity contribution is 6.09. The number of hydrogen-bond acceptors (Lipinski definition) is 5. The molecule has 0 atom stereocenters. The smallest absolute Gasteiger partial charge is 0.319 e. The largest absolute Gasteiger partial charge is 0.381 e. The van der Waals surface area contributed by atoms with E-state index in [9.17, 15) is 9.59 Å². The number of nitrogens with zero attached hydrogens (tertiary/aromatic N) is 1. The van der Waals surface area contributed by atoms with E-state index in [1.54, 1.807) is 6.20 Å². The van der Waals surface area contributed by atoms with E-state index in [2.05, 4.69) is 27.0 Å². The van der Waals surface area contributed by atoms with Gasteiger partial charge in [-0.1, -0.05) is 62.4 Å². The molecule has 0 aliphatic heterocycles. The average molecular weight is 536 g/mol. The molecule has 40 heavy (non-hydrogen) atoms. The average Bonchev–Trinajstić information content (AvgIpc) is 2.97. The van der Waals surface area contributed by atoms with E-state index in [4.69, 9.17) is 5.73 Å². The monoisotopic (exact) mass is 535 g/mol. The summed E-state index contributed by atoms with van der Waals surface area (Å²) in [5.74, 6) is -0.0523. The first-order valence-corrected chi connectivity index (χ1v) is 14.1. The van der Waals surface area contributed by atoms with Crippen molar-refractivity contribution in [3.63, 3.8) is 0 Å². The van der Waals surface area contributed by atoms with E-state index in [1.165, 1.54) is 0 Å². The summed E-state index contributed by atoms with van der Waals surface area (Å²) in [5.41, 5.74) is 12.2. The van der Waals surface area contributed by atoms with Crippen LogP contribution >= 0.6 is 0 Å². The summed E-state index contributed by atoms with van der Waals surface area (Å²) in [5, 5.41) is 10.4. The van der Waals surface area contributed by atoms with Crippen molar-refractivity contribution in [2.75, 3.05) is 10.6 Å². The van der Waals surface area contributed by atoms with Gasteiger partial charge in [0.15, 0.2) is 5.78 Å². The fraction of sp³-hybridized carbons (Fsp3) is 0.303. The number of urea groups is 1. The summed E-state index contributed by atoms with van der Waals surface area (Å²) >= 11 is 0. The van der Waals surface area contributed by atoms with Gasteiger partial charge in [-0.2, -0.15) is 0 Å². The normalized spacial score (nSPS) is 17.0. The number of hydrogen-bond donors (Lipinski definition) is 4. The number of anilines is 2. The molecular formula is C33H37N5O2. The minimum Gasteiger partial charge on any atom is -0.381 e. The van der Waals surface area contributed by atoms with Crippen LogP contribution in [0.5, 0.6) is 0 Å². The number of rotatable bonds is 8. The second-order valence-corrected chi connectivity index (χ2v) is 10.9. The second-order valence-electron chi connectivity index (χ2n) is 10.9. The molecule has 7 heteroatoms. The van der Waals surface area contributed by atoms with Gasteiger partial charge in [0, 0.05) is 41.8 Å². The van der Waals surface area contributed by atoms with Crippen LogP contribution in [0.2, 0.25) is 0 Å². The molecule has 0 spiro atoms. The Hall–Kier alpha value is -4.23. The number of fused-ring (bicyclic) bond motifs is 1. The van der Waals surface area contributed by atoms with Crippen molar-refractivity contribution in [2.45, 2.75) is 58.2 Å². The molecule has 4 aromatic rings. The van der Waals surface area contributed by atoms with Crippen LogP contribution in [-0.2, 0) is 6.54 Å². The number of ketones is 1. The Morgan fingerprint density at radius 3 is 2.33 bits per heavy atom. The van der Waals surface area contributed by atoms with Gasteiger partial charge < -0.3 is 21.7 Å². The van der Waals surface area contributed by atoms with Crippen LogP contribution in [0.15, 0.2) is 79.0 Å². The lowest BCUT2D eigenvalue weighted by molar-refractivity contribution is 0.0940. The van der Waals surface area contributed by atoms with Crippen LogP contribution in [0, 0.1) is 5.92 Å². The highest BCUT2D eigenvalue weighted by Crippen LogP contribution is 2.34. The van der Waals surface area contributed by atoms with Crippen LogP contribution in [0.3, 0.4) is 0 Å². The lowest BCUT2D eigenvalue weighted by atomic mass is 9.90. The van der Waals surface area contributed by atoms with Crippen LogP contribution < -0.4 is 21.7 Å². The molecule has 1 heterocycles. The highest BCUT2D eigenvalue weighted by Gasteiger charge is 2.23. The first-order chi connectivity index (χ1) is 19.4. The lowest BCUT2D eigenvalue weighted by Crippen LogP contribution is -2.33. The van der Waals surface area contributed by atoms with Crippen LogP contribution in [0.1, 0.15) is 55.5 Å². The Labute approximate surface area is 235 Å². The molecule has 3 aromatic carbocycles. The van der Waals surface area contributed by atoms with Gasteiger partial charge in [-0.05, 0) is 66.6 Å². The van der Waals surface area contributed by atoms with Crippen molar-refractivity contribution in [2.24, 2.45) is 11.7 Å². The van der Waals surface area contributed by atoms with E-state index >= 15 is 0 Å².